The number of hydrogen-bond donors (Lipinski definition) is 0. The molecule has 0 atom stereocenters. The number of alkyl halides is 3. The van der Waals surface area contributed by atoms with E-state index in [-0.39, 0.29) is 45.1 Å². The summed E-state index contributed by atoms with van der Waals surface area (Å²) in [6, 6.07) is 50.6. The number of halogens is 3. The van der Waals surface area contributed by atoms with Gasteiger partial charge in [-0.05, 0) is 112 Å². The molecule has 2 aromatic heterocycles. The maximum absolute atomic E-state index is 14.1. The Morgan fingerprint density at radius 2 is 0.934 bits per heavy atom. The van der Waals surface area contributed by atoms with E-state index in [0.29, 0.717) is 67.0 Å². The maximum Gasteiger partial charge on any atom is 0.415 e. The molecule has 350 valence electrons. The van der Waals surface area contributed by atoms with Crippen molar-refractivity contribution in [3.63, 3.8) is 0 Å². The topological polar surface area (TPSA) is 83.6 Å². The third-order valence-corrected chi connectivity index (χ3v) is 13.5. The van der Waals surface area contributed by atoms with Crippen molar-refractivity contribution in [3.8, 4) is 68.0 Å². The molecule has 0 saturated heterocycles. The van der Waals surface area contributed by atoms with Crippen LogP contribution in [0.1, 0.15) is 16.7 Å². The standard InChI is InChI=1S/C63H27F3N10/c1-69-42-19-24-59(75-55-13-9-7-11-45(55)49-29-39(17-23-57(49)75)62-52(72-4)25-36(34-67)26-53(62)73-5)50(32-42)47-20-15-37(44-21-18-41(63(64,65)66)31-51(44)71-3)30-60(47)76-56-14-10-8-12-46(56)48-28-38(16-22-58(48)76)61-40(35-68)27-43(70-2)33-54(61)74-6/h7-33H. The lowest BCUT2D eigenvalue weighted by molar-refractivity contribution is -0.137. The number of rotatable bonds is 6. The lowest BCUT2D eigenvalue weighted by Gasteiger charge is -2.21. The van der Waals surface area contributed by atoms with Gasteiger partial charge in [0.1, 0.15) is 0 Å². The highest BCUT2D eigenvalue weighted by Crippen LogP contribution is 2.48. The van der Waals surface area contributed by atoms with Crippen LogP contribution in [0.2, 0.25) is 0 Å². The van der Waals surface area contributed by atoms with Gasteiger partial charge in [-0.25, -0.2) is 29.1 Å². The summed E-state index contributed by atoms with van der Waals surface area (Å²) >= 11 is 0. The molecule has 0 radical (unpaired) electrons. The highest BCUT2D eigenvalue weighted by Gasteiger charge is 2.31. The van der Waals surface area contributed by atoms with Crippen LogP contribution in [-0.2, 0) is 6.18 Å². The average molecular weight is 981 g/mol. The number of nitrogens with zero attached hydrogens (tertiary/aromatic N) is 10. The van der Waals surface area contributed by atoms with Crippen molar-refractivity contribution in [2.24, 2.45) is 0 Å². The summed E-state index contributed by atoms with van der Waals surface area (Å²) in [5.41, 5.74) is 8.09. The quantitative estimate of drug-likeness (QED) is 0.156. The monoisotopic (exact) mass is 980 g/mol. The molecule has 0 amide bonds. The summed E-state index contributed by atoms with van der Waals surface area (Å²) in [7, 11) is 0. The van der Waals surface area contributed by atoms with Crippen molar-refractivity contribution in [1.29, 1.82) is 10.5 Å². The minimum absolute atomic E-state index is 0.138. The highest BCUT2D eigenvalue weighted by atomic mass is 19.4. The Kier molecular flexibility index (Phi) is 11.1. The first-order chi connectivity index (χ1) is 36.9. The molecule has 10 nitrogen and oxygen atoms in total. The van der Waals surface area contributed by atoms with Crippen molar-refractivity contribution in [2.45, 2.75) is 6.18 Å². The molecule has 76 heavy (non-hydrogen) atoms. The number of nitriles is 2. The van der Waals surface area contributed by atoms with Crippen LogP contribution in [0.25, 0.3) is 129 Å². The molecule has 0 unspecified atom stereocenters. The fourth-order valence-electron chi connectivity index (χ4n) is 10.2. The Labute approximate surface area is 432 Å². The first-order valence-electron chi connectivity index (χ1n) is 22.9. The first-order valence-corrected chi connectivity index (χ1v) is 22.9. The van der Waals surface area contributed by atoms with E-state index in [1.807, 2.05) is 108 Å². The second-order valence-corrected chi connectivity index (χ2v) is 17.5. The van der Waals surface area contributed by atoms with Crippen LogP contribution in [0.15, 0.2) is 164 Å². The normalized spacial score (nSPS) is 11.0. The molecule has 0 fully saturated rings. The molecule has 11 aromatic rings. The second kappa shape index (κ2) is 18.2. The zero-order chi connectivity index (χ0) is 53.0. The summed E-state index contributed by atoms with van der Waals surface area (Å²) in [6.07, 6.45) is -4.69. The molecule has 2 heterocycles. The van der Waals surface area contributed by atoms with E-state index in [0.717, 1.165) is 44.7 Å². The van der Waals surface area contributed by atoms with Crippen LogP contribution in [0.3, 0.4) is 0 Å². The minimum atomic E-state index is -4.69. The Bertz CT molecular complexity index is 4680. The molecule has 0 aliphatic heterocycles. The van der Waals surface area contributed by atoms with Crippen molar-refractivity contribution >= 4 is 77.7 Å². The van der Waals surface area contributed by atoms with E-state index in [1.54, 1.807) is 24.3 Å². The van der Waals surface area contributed by atoms with Gasteiger partial charge in [0.2, 0.25) is 0 Å². The summed E-state index contributed by atoms with van der Waals surface area (Å²) in [4.78, 5) is 22.0. The molecule has 13 heteroatoms. The van der Waals surface area contributed by atoms with Crippen molar-refractivity contribution in [2.75, 3.05) is 0 Å². The highest BCUT2D eigenvalue weighted by molar-refractivity contribution is 6.14. The van der Waals surface area contributed by atoms with Gasteiger partial charge >= 0.3 is 6.18 Å². The largest absolute Gasteiger partial charge is 0.415 e. The summed E-state index contributed by atoms with van der Waals surface area (Å²) in [5.74, 6) is 0. The fourth-order valence-corrected chi connectivity index (χ4v) is 10.2. The third-order valence-electron chi connectivity index (χ3n) is 13.5. The van der Waals surface area contributed by atoms with Gasteiger partial charge in [-0.2, -0.15) is 23.7 Å². The van der Waals surface area contributed by atoms with Crippen LogP contribution in [0.5, 0.6) is 0 Å². The van der Waals surface area contributed by atoms with Crippen LogP contribution in [0, 0.1) is 62.1 Å². The van der Waals surface area contributed by atoms with E-state index in [1.165, 1.54) is 30.3 Å². The Morgan fingerprint density at radius 1 is 0.395 bits per heavy atom. The van der Waals surface area contributed by atoms with Crippen LogP contribution in [0.4, 0.5) is 47.3 Å². The smallest absolute Gasteiger partial charge is 0.309 e. The molecule has 0 N–H and O–H groups in total. The maximum atomic E-state index is 14.1. The molecule has 0 spiro atoms. The van der Waals surface area contributed by atoms with Gasteiger partial charge in [-0.15, -0.1) is 0 Å². The van der Waals surface area contributed by atoms with E-state index in [2.05, 4.69) is 39.7 Å². The molecular formula is C63H27F3N10. The Morgan fingerprint density at radius 3 is 1.50 bits per heavy atom. The average Bonchev–Trinajstić information content (AvgIpc) is 3.97. The van der Waals surface area contributed by atoms with Crippen LogP contribution >= 0.6 is 0 Å². The number of benzene rings is 9. The molecular weight excluding hydrogens is 954 g/mol. The SMILES string of the molecule is [C-]#[N+]c1cc(C#N)c(-c2ccc3c(c2)c2ccccc2n3-c2cc(-c3ccc(C(F)(F)F)cc3[N+]#[C-])ccc2-c2cc([N+]#[C-])ccc2-n2c3ccccc3c3cc(-c4c([N+]#[C-])cc(C#N)cc4[N+]#[C-])ccc32)c([N+]#[C-])c1. The minimum Gasteiger partial charge on any atom is -0.309 e. The molecule has 11 rings (SSSR count). The molecule has 0 bridgehead atoms. The van der Waals surface area contributed by atoms with Gasteiger partial charge in [0, 0.05) is 49.4 Å². The fraction of sp³-hybridized carbons (Fsp3) is 0.0159. The van der Waals surface area contributed by atoms with Gasteiger partial charge in [-0.3, -0.25) is 0 Å². The van der Waals surface area contributed by atoms with Crippen LogP contribution < -0.4 is 0 Å². The number of fused-ring (bicyclic) bond motifs is 6. The number of hydrogen-bond acceptors (Lipinski definition) is 2. The summed E-state index contributed by atoms with van der Waals surface area (Å²) in [5, 5.41) is 23.1. The van der Waals surface area contributed by atoms with E-state index < -0.39 is 11.7 Å². The summed E-state index contributed by atoms with van der Waals surface area (Å²) < 4.78 is 46.3. The van der Waals surface area contributed by atoms with Gasteiger partial charge < -0.3 is 9.13 Å². The number of para-hydroxylation sites is 2. The van der Waals surface area contributed by atoms with Crippen molar-refractivity contribution in [1.82, 2.24) is 9.13 Å². The lowest BCUT2D eigenvalue weighted by atomic mass is 9.94. The Hall–Kier alpha value is -11.7. The van der Waals surface area contributed by atoms with E-state index >= 15 is 0 Å². The second-order valence-electron chi connectivity index (χ2n) is 17.5. The number of aromatic nitrogens is 2. The zero-order valence-electron chi connectivity index (χ0n) is 39.2. The molecule has 0 aliphatic carbocycles. The summed E-state index contributed by atoms with van der Waals surface area (Å²) in [6.45, 7) is 47.8. The predicted octanol–water partition coefficient (Wildman–Crippen LogP) is 18.6. The Balaban J connectivity index is 1.22. The zero-order valence-corrected chi connectivity index (χ0v) is 39.2. The van der Waals surface area contributed by atoms with Gasteiger partial charge in [0.25, 0.3) is 0 Å². The molecule has 0 aliphatic rings. The lowest BCUT2D eigenvalue weighted by Crippen LogP contribution is -2.04. The van der Waals surface area contributed by atoms with Crippen LogP contribution in [-0.4, -0.2) is 9.13 Å². The van der Waals surface area contributed by atoms with Gasteiger partial charge in [-0.1, -0.05) is 84.9 Å². The van der Waals surface area contributed by atoms with Crippen molar-refractivity contribution < 1.29 is 13.2 Å². The first kappa shape index (κ1) is 46.7. The van der Waals surface area contributed by atoms with Crippen molar-refractivity contribution in [3.05, 3.63) is 249 Å². The molecule has 0 saturated carbocycles. The van der Waals surface area contributed by atoms with E-state index in [4.69, 9.17) is 39.4 Å². The van der Waals surface area contributed by atoms with Gasteiger partial charge in [0.15, 0.2) is 34.1 Å². The third kappa shape index (κ3) is 7.44. The molecule has 9 aromatic carbocycles. The van der Waals surface area contributed by atoms with E-state index in [9.17, 15) is 23.7 Å². The predicted molar refractivity (Wildman–Crippen MR) is 289 cm³/mol. The van der Waals surface area contributed by atoms with Gasteiger partial charge in [0.05, 0.1) is 85.0 Å².